The van der Waals surface area contributed by atoms with Gasteiger partial charge in [0, 0.05) is 11.6 Å². The fourth-order valence-electron chi connectivity index (χ4n) is 2.59. The lowest BCUT2D eigenvalue weighted by molar-refractivity contribution is -0.597. The normalized spacial score (nSPS) is 10.6. The summed E-state index contributed by atoms with van der Waals surface area (Å²) in [4.78, 5) is 4.23. The number of aryl methyl sites for hydroxylation is 1. The fourth-order valence-corrected chi connectivity index (χ4v) is 2.59. The van der Waals surface area contributed by atoms with Gasteiger partial charge in [-0.25, -0.2) is 4.73 Å². The maximum atomic E-state index is 12.3. The van der Waals surface area contributed by atoms with Crippen molar-refractivity contribution in [2.75, 3.05) is 6.61 Å². The quantitative estimate of drug-likeness (QED) is 0.567. The number of phenolic OH excluding ortho intramolecular Hbond substituents is 1. The summed E-state index contributed by atoms with van der Waals surface area (Å²) in [5.41, 5.74) is 3.46. The third-order valence-electron chi connectivity index (χ3n) is 3.93. The summed E-state index contributed by atoms with van der Waals surface area (Å²) in [5.74, 6) is 0.907. The van der Waals surface area contributed by atoms with E-state index < -0.39 is 0 Å². The monoisotopic (exact) mass is 336 g/mol. The molecule has 3 aromatic rings. The van der Waals surface area contributed by atoms with Gasteiger partial charge in [-0.15, -0.1) is 0 Å². The molecule has 0 atom stereocenters. The second-order valence-corrected chi connectivity index (χ2v) is 5.83. The van der Waals surface area contributed by atoms with E-state index in [0.29, 0.717) is 23.7 Å². The average molecular weight is 336 g/mol. The molecule has 0 unspecified atom stereocenters. The third kappa shape index (κ3) is 3.55. The van der Waals surface area contributed by atoms with Crippen molar-refractivity contribution in [3.8, 4) is 34.0 Å². The van der Waals surface area contributed by atoms with Gasteiger partial charge < -0.3 is 15.1 Å². The molecule has 25 heavy (non-hydrogen) atoms. The first-order chi connectivity index (χ1) is 12.1. The number of hydrogen-bond donors (Lipinski definition) is 1. The van der Waals surface area contributed by atoms with Crippen LogP contribution in [0.4, 0.5) is 0 Å². The van der Waals surface area contributed by atoms with Crippen LogP contribution in [-0.4, -0.2) is 16.7 Å². The molecule has 1 N–H and O–H groups in total. The molecule has 0 aliphatic rings. The van der Waals surface area contributed by atoms with Gasteiger partial charge >= 0.3 is 0 Å². The Morgan fingerprint density at radius 1 is 1.16 bits per heavy atom. The number of aromatic hydroxyl groups is 1. The lowest BCUT2D eigenvalue weighted by Crippen LogP contribution is -2.29. The smallest absolute Gasteiger partial charge is 0.290 e. The standard InChI is InChI=1S/C20H20N2O3/c1-3-10-25-20-7-5-4-6-16(20)18-12-17(21-13-22(18)24)15-8-9-19(23)14(2)11-15/h4-9,11-13,23H,3,10H2,1-2H3. The van der Waals surface area contributed by atoms with Crippen LogP contribution >= 0.6 is 0 Å². The number of phenols is 1. The van der Waals surface area contributed by atoms with E-state index in [9.17, 15) is 10.3 Å². The van der Waals surface area contributed by atoms with Gasteiger partial charge in [0.2, 0.25) is 0 Å². The Labute approximate surface area is 146 Å². The van der Waals surface area contributed by atoms with Crippen LogP contribution in [0.5, 0.6) is 11.5 Å². The summed E-state index contributed by atoms with van der Waals surface area (Å²) in [6.07, 6.45) is 2.14. The van der Waals surface area contributed by atoms with E-state index in [-0.39, 0.29) is 5.75 Å². The molecule has 0 amide bonds. The number of aromatic nitrogens is 2. The zero-order chi connectivity index (χ0) is 17.8. The molecule has 3 rings (SSSR count). The van der Waals surface area contributed by atoms with Crippen molar-refractivity contribution in [2.45, 2.75) is 20.3 Å². The predicted octanol–water partition coefficient (Wildman–Crippen LogP) is 3.85. The number of benzene rings is 2. The molecule has 0 saturated carbocycles. The molecule has 0 saturated heterocycles. The van der Waals surface area contributed by atoms with Crippen LogP contribution in [0.2, 0.25) is 0 Å². The highest BCUT2D eigenvalue weighted by Crippen LogP contribution is 2.30. The van der Waals surface area contributed by atoms with E-state index in [0.717, 1.165) is 27.8 Å². The van der Waals surface area contributed by atoms with E-state index in [4.69, 9.17) is 4.74 Å². The molecule has 0 aliphatic heterocycles. The summed E-state index contributed by atoms with van der Waals surface area (Å²) in [6.45, 7) is 4.45. The second-order valence-electron chi connectivity index (χ2n) is 5.83. The Hall–Kier alpha value is -3.08. The number of para-hydroxylation sites is 1. The van der Waals surface area contributed by atoms with Crippen molar-refractivity contribution in [3.63, 3.8) is 0 Å². The third-order valence-corrected chi connectivity index (χ3v) is 3.93. The van der Waals surface area contributed by atoms with Crippen molar-refractivity contribution >= 4 is 0 Å². The zero-order valence-corrected chi connectivity index (χ0v) is 14.3. The highest BCUT2D eigenvalue weighted by molar-refractivity contribution is 5.70. The highest BCUT2D eigenvalue weighted by Gasteiger charge is 2.16. The molecule has 0 radical (unpaired) electrons. The summed E-state index contributed by atoms with van der Waals surface area (Å²) in [7, 11) is 0. The number of rotatable bonds is 5. The minimum absolute atomic E-state index is 0.233. The van der Waals surface area contributed by atoms with Crippen LogP contribution in [0.15, 0.2) is 54.9 Å². The lowest BCUT2D eigenvalue weighted by Gasteiger charge is -2.13. The molecule has 0 spiro atoms. The molecular formula is C20H20N2O3. The van der Waals surface area contributed by atoms with Crippen LogP contribution < -0.4 is 9.47 Å². The van der Waals surface area contributed by atoms with E-state index in [1.165, 1.54) is 6.33 Å². The van der Waals surface area contributed by atoms with Gasteiger partial charge in [-0.05, 0) is 54.2 Å². The molecular weight excluding hydrogens is 316 g/mol. The summed E-state index contributed by atoms with van der Waals surface area (Å²) >= 11 is 0. The number of nitrogens with zero attached hydrogens (tertiary/aromatic N) is 2. The zero-order valence-electron chi connectivity index (χ0n) is 14.3. The van der Waals surface area contributed by atoms with E-state index >= 15 is 0 Å². The first-order valence-electron chi connectivity index (χ1n) is 8.21. The molecule has 1 aromatic heterocycles. The largest absolute Gasteiger partial charge is 0.710 e. The van der Waals surface area contributed by atoms with Crippen LogP contribution in [-0.2, 0) is 0 Å². The molecule has 2 aromatic carbocycles. The van der Waals surface area contributed by atoms with Crippen molar-refractivity contribution in [1.29, 1.82) is 0 Å². The minimum atomic E-state index is 0.233. The highest BCUT2D eigenvalue weighted by atomic mass is 16.5. The molecule has 0 bridgehead atoms. The fraction of sp³-hybridized carbons (Fsp3) is 0.200. The summed E-state index contributed by atoms with van der Waals surface area (Å²) in [5, 5.41) is 22.0. The van der Waals surface area contributed by atoms with E-state index in [1.54, 1.807) is 18.2 Å². The SMILES string of the molecule is CCCOc1ccccc1-c1cc(-c2ccc(O)c(C)c2)nc[n+]1[O-]. The molecule has 5 nitrogen and oxygen atoms in total. The Morgan fingerprint density at radius 2 is 1.96 bits per heavy atom. The lowest BCUT2D eigenvalue weighted by atomic mass is 10.0. The van der Waals surface area contributed by atoms with Crippen molar-refractivity contribution in [3.05, 3.63) is 65.6 Å². The number of ether oxygens (including phenoxy) is 1. The second kappa shape index (κ2) is 7.21. The van der Waals surface area contributed by atoms with Gasteiger partial charge in [0.05, 0.1) is 12.2 Å². The molecule has 128 valence electrons. The first kappa shape index (κ1) is 16.8. The topological polar surface area (TPSA) is 69.3 Å². The maximum absolute atomic E-state index is 12.3. The van der Waals surface area contributed by atoms with E-state index in [2.05, 4.69) is 4.98 Å². The number of hydrogen-bond acceptors (Lipinski definition) is 4. The van der Waals surface area contributed by atoms with Gasteiger partial charge in [0.15, 0.2) is 5.69 Å². The van der Waals surface area contributed by atoms with Crippen LogP contribution in [0.3, 0.4) is 0 Å². The van der Waals surface area contributed by atoms with Gasteiger partial charge in [0.1, 0.15) is 17.2 Å². The van der Waals surface area contributed by atoms with Crippen LogP contribution in [0.25, 0.3) is 22.5 Å². The Kier molecular flexibility index (Phi) is 4.84. The van der Waals surface area contributed by atoms with Crippen LogP contribution in [0.1, 0.15) is 18.9 Å². The Balaban J connectivity index is 2.07. The summed E-state index contributed by atoms with van der Waals surface area (Å²) < 4.78 is 6.51. The van der Waals surface area contributed by atoms with Crippen molar-refractivity contribution in [2.24, 2.45) is 0 Å². The minimum Gasteiger partial charge on any atom is -0.710 e. The molecule has 5 heteroatoms. The Morgan fingerprint density at radius 3 is 2.72 bits per heavy atom. The molecule has 1 heterocycles. The predicted molar refractivity (Wildman–Crippen MR) is 96.3 cm³/mol. The van der Waals surface area contributed by atoms with Gasteiger partial charge in [-0.1, -0.05) is 19.1 Å². The molecule has 0 fully saturated rings. The summed E-state index contributed by atoms with van der Waals surface area (Å²) in [6, 6.07) is 14.5. The van der Waals surface area contributed by atoms with Gasteiger partial charge in [-0.2, -0.15) is 0 Å². The van der Waals surface area contributed by atoms with Gasteiger partial charge in [0.25, 0.3) is 6.33 Å². The van der Waals surface area contributed by atoms with Gasteiger partial charge in [-0.3, -0.25) is 0 Å². The maximum Gasteiger partial charge on any atom is 0.290 e. The average Bonchev–Trinajstić information content (AvgIpc) is 2.63. The molecule has 0 aliphatic carbocycles. The van der Waals surface area contributed by atoms with Crippen molar-refractivity contribution in [1.82, 2.24) is 4.98 Å². The van der Waals surface area contributed by atoms with E-state index in [1.807, 2.05) is 44.2 Å². The first-order valence-corrected chi connectivity index (χ1v) is 8.21. The van der Waals surface area contributed by atoms with Crippen LogP contribution in [0, 0.1) is 12.1 Å². The van der Waals surface area contributed by atoms with Crippen molar-refractivity contribution < 1.29 is 14.6 Å². The Bertz CT molecular complexity index is 894.